The zero-order chi connectivity index (χ0) is 14.8. The zero-order valence-corrected chi connectivity index (χ0v) is 12.1. The molecule has 1 N–H and O–H groups in total. The molecule has 0 radical (unpaired) electrons. The van der Waals surface area contributed by atoms with Crippen molar-refractivity contribution < 1.29 is 23.8 Å². The number of rotatable bonds is 11. The summed E-state index contributed by atoms with van der Waals surface area (Å²) >= 11 is 0. The molecule has 0 aliphatic carbocycles. The van der Waals surface area contributed by atoms with Crippen LogP contribution in [0.3, 0.4) is 0 Å². The average molecular weight is 285 g/mol. The van der Waals surface area contributed by atoms with E-state index in [1.807, 2.05) is 13.8 Å². The van der Waals surface area contributed by atoms with Crippen molar-refractivity contribution in [1.82, 2.24) is 4.90 Å². The number of carboxylic acids is 1. The van der Waals surface area contributed by atoms with Gasteiger partial charge in [0.15, 0.2) is 0 Å². The van der Waals surface area contributed by atoms with E-state index in [1.165, 1.54) is 6.07 Å². The van der Waals surface area contributed by atoms with Crippen molar-refractivity contribution in [3.63, 3.8) is 0 Å². The molecule has 6 nitrogen and oxygen atoms in total. The van der Waals surface area contributed by atoms with Crippen molar-refractivity contribution in [2.24, 2.45) is 0 Å². The van der Waals surface area contributed by atoms with Crippen LogP contribution in [0.5, 0.6) is 0 Å². The predicted molar refractivity (Wildman–Crippen MR) is 73.9 cm³/mol. The second-order valence-electron chi connectivity index (χ2n) is 4.24. The molecule has 0 aliphatic heterocycles. The summed E-state index contributed by atoms with van der Waals surface area (Å²) in [5.41, 5.74) is 0. The second-order valence-corrected chi connectivity index (χ2v) is 4.24. The van der Waals surface area contributed by atoms with E-state index in [1.54, 1.807) is 6.07 Å². The maximum Gasteiger partial charge on any atom is 0.371 e. The van der Waals surface area contributed by atoms with Crippen LogP contribution in [0.15, 0.2) is 16.5 Å². The quantitative estimate of drug-likeness (QED) is 0.626. The van der Waals surface area contributed by atoms with Crippen LogP contribution in [-0.2, 0) is 16.0 Å². The molecule has 0 unspecified atom stereocenters. The van der Waals surface area contributed by atoms with Crippen LogP contribution in [0.1, 0.15) is 30.2 Å². The lowest BCUT2D eigenvalue weighted by atomic mass is 10.3. The molecular formula is C14H23NO5. The minimum absolute atomic E-state index is 0.0328. The third kappa shape index (κ3) is 6.18. The monoisotopic (exact) mass is 285 g/mol. The molecule has 6 heteroatoms. The molecule has 114 valence electrons. The third-order valence-corrected chi connectivity index (χ3v) is 2.76. The van der Waals surface area contributed by atoms with Crippen molar-refractivity contribution in [3.05, 3.63) is 23.7 Å². The first-order chi connectivity index (χ1) is 9.67. The van der Waals surface area contributed by atoms with Gasteiger partial charge in [-0.1, -0.05) is 0 Å². The minimum atomic E-state index is -1.05. The number of ether oxygens (including phenoxy) is 2. The van der Waals surface area contributed by atoms with E-state index >= 15 is 0 Å². The third-order valence-electron chi connectivity index (χ3n) is 2.76. The Labute approximate surface area is 119 Å². The van der Waals surface area contributed by atoms with Crippen LogP contribution < -0.4 is 0 Å². The van der Waals surface area contributed by atoms with E-state index in [2.05, 4.69) is 4.90 Å². The number of hydrogen-bond acceptors (Lipinski definition) is 5. The van der Waals surface area contributed by atoms with Gasteiger partial charge in [-0.2, -0.15) is 0 Å². The Balaban J connectivity index is 2.49. The van der Waals surface area contributed by atoms with Crippen molar-refractivity contribution in [2.45, 2.75) is 20.4 Å². The Morgan fingerprint density at radius 2 is 1.80 bits per heavy atom. The van der Waals surface area contributed by atoms with E-state index in [-0.39, 0.29) is 5.76 Å². The van der Waals surface area contributed by atoms with Crippen molar-refractivity contribution in [3.8, 4) is 0 Å². The molecule has 0 bridgehead atoms. The second kappa shape index (κ2) is 9.52. The molecule has 0 amide bonds. The van der Waals surface area contributed by atoms with Crippen LogP contribution in [0.25, 0.3) is 0 Å². The van der Waals surface area contributed by atoms with Gasteiger partial charge in [-0.25, -0.2) is 4.79 Å². The van der Waals surface area contributed by atoms with Crippen molar-refractivity contribution >= 4 is 5.97 Å². The Morgan fingerprint density at radius 1 is 1.20 bits per heavy atom. The SMILES string of the molecule is CCOCCN(CCOCC)Cc1ccc(C(=O)O)o1. The van der Waals surface area contributed by atoms with Gasteiger partial charge in [0.1, 0.15) is 5.76 Å². The smallest absolute Gasteiger partial charge is 0.371 e. The highest BCUT2D eigenvalue weighted by Gasteiger charge is 2.12. The van der Waals surface area contributed by atoms with Gasteiger partial charge in [-0.3, -0.25) is 4.90 Å². The summed E-state index contributed by atoms with van der Waals surface area (Å²) in [6, 6.07) is 3.17. The van der Waals surface area contributed by atoms with Gasteiger partial charge in [-0.15, -0.1) is 0 Å². The summed E-state index contributed by atoms with van der Waals surface area (Å²) in [5.74, 6) is -0.448. The fourth-order valence-electron chi connectivity index (χ4n) is 1.74. The molecule has 1 aromatic rings. The largest absolute Gasteiger partial charge is 0.475 e. The van der Waals surface area contributed by atoms with Gasteiger partial charge in [-0.05, 0) is 26.0 Å². The first-order valence-electron chi connectivity index (χ1n) is 6.87. The lowest BCUT2D eigenvalue weighted by Gasteiger charge is -2.20. The Kier molecular flexibility index (Phi) is 7.94. The maximum atomic E-state index is 10.8. The molecular weight excluding hydrogens is 262 g/mol. The molecule has 0 aliphatic rings. The molecule has 0 spiro atoms. The number of carboxylic acid groups (broad SMARTS) is 1. The topological polar surface area (TPSA) is 72.1 Å². The fourth-order valence-corrected chi connectivity index (χ4v) is 1.74. The van der Waals surface area contributed by atoms with Gasteiger partial charge in [0, 0.05) is 26.3 Å². The molecule has 1 aromatic heterocycles. The summed E-state index contributed by atoms with van der Waals surface area (Å²) in [7, 11) is 0. The highest BCUT2D eigenvalue weighted by atomic mass is 16.5. The zero-order valence-electron chi connectivity index (χ0n) is 12.1. The first kappa shape index (κ1) is 16.7. The van der Waals surface area contributed by atoms with E-state index in [0.29, 0.717) is 38.7 Å². The lowest BCUT2D eigenvalue weighted by molar-refractivity contribution is 0.0645. The van der Waals surface area contributed by atoms with Crippen LogP contribution in [0.4, 0.5) is 0 Å². The first-order valence-corrected chi connectivity index (χ1v) is 6.87. The summed E-state index contributed by atoms with van der Waals surface area (Å²) in [4.78, 5) is 12.9. The summed E-state index contributed by atoms with van der Waals surface area (Å²) in [5, 5.41) is 8.83. The van der Waals surface area contributed by atoms with Crippen LogP contribution in [-0.4, -0.2) is 55.5 Å². The molecule has 20 heavy (non-hydrogen) atoms. The standard InChI is InChI=1S/C14H23NO5/c1-3-18-9-7-15(8-10-19-4-2)11-12-5-6-13(20-12)14(16)17/h5-6H,3-4,7-11H2,1-2H3,(H,16,17). The number of aromatic carboxylic acids is 1. The normalized spacial score (nSPS) is 11.2. The Morgan fingerprint density at radius 3 is 2.25 bits per heavy atom. The molecule has 0 atom stereocenters. The van der Waals surface area contributed by atoms with E-state index < -0.39 is 5.97 Å². The summed E-state index contributed by atoms with van der Waals surface area (Å²) in [6.07, 6.45) is 0. The van der Waals surface area contributed by atoms with E-state index in [0.717, 1.165) is 13.1 Å². The van der Waals surface area contributed by atoms with Crippen LogP contribution in [0, 0.1) is 0 Å². The molecule has 0 saturated heterocycles. The Bertz CT molecular complexity index is 381. The number of carbonyl (C=O) groups is 1. The number of furan rings is 1. The van der Waals surface area contributed by atoms with Gasteiger partial charge >= 0.3 is 5.97 Å². The summed E-state index contributed by atoms with van der Waals surface area (Å²) in [6.45, 7) is 8.60. The average Bonchev–Trinajstić information content (AvgIpc) is 2.88. The lowest BCUT2D eigenvalue weighted by Crippen LogP contribution is -2.30. The minimum Gasteiger partial charge on any atom is -0.475 e. The number of nitrogens with zero attached hydrogens (tertiary/aromatic N) is 1. The molecule has 0 aromatic carbocycles. The highest BCUT2D eigenvalue weighted by Crippen LogP contribution is 2.10. The van der Waals surface area contributed by atoms with Gasteiger partial charge in [0.25, 0.3) is 0 Å². The molecule has 0 fully saturated rings. The predicted octanol–water partition coefficient (Wildman–Crippen LogP) is 1.85. The van der Waals surface area contributed by atoms with Crippen molar-refractivity contribution in [1.29, 1.82) is 0 Å². The fraction of sp³-hybridized carbons (Fsp3) is 0.643. The van der Waals surface area contributed by atoms with E-state index in [9.17, 15) is 4.79 Å². The van der Waals surface area contributed by atoms with Crippen LogP contribution in [0.2, 0.25) is 0 Å². The molecule has 0 saturated carbocycles. The van der Waals surface area contributed by atoms with Gasteiger partial charge in [0.2, 0.25) is 5.76 Å². The van der Waals surface area contributed by atoms with Crippen molar-refractivity contribution in [2.75, 3.05) is 39.5 Å². The summed E-state index contributed by atoms with van der Waals surface area (Å²) < 4.78 is 16.0. The highest BCUT2D eigenvalue weighted by molar-refractivity contribution is 5.84. The van der Waals surface area contributed by atoms with Gasteiger partial charge in [0.05, 0.1) is 19.8 Å². The maximum absolute atomic E-state index is 10.8. The Hall–Kier alpha value is -1.37. The van der Waals surface area contributed by atoms with Crippen LogP contribution >= 0.6 is 0 Å². The van der Waals surface area contributed by atoms with Gasteiger partial charge < -0.3 is 19.0 Å². The van der Waals surface area contributed by atoms with E-state index in [4.69, 9.17) is 19.0 Å². The molecule has 1 rings (SSSR count). The molecule has 1 heterocycles. The number of hydrogen-bond donors (Lipinski definition) is 1.